The molecule has 0 saturated heterocycles. The van der Waals surface area contributed by atoms with E-state index >= 15 is 0 Å². The Morgan fingerprint density at radius 2 is 2.18 bits per heavy atom. The summed E-state index contributed by atoms with van der Waals surface area (Å²) in [6.07, 6.45) is 1.61. The van der Waals surface area contributed by atoms with Crippen molar-refractivity contribution < 1.29 is 19.4 Å². The molecule has 1 aliphatic carbocycles. The van der Waals surface area contributed by atoms with Crippen molar-refractivity contribution in [2.45, 2.75) is 51.7 Å². The fourth-order valence-corrected chi connectivity index (χ4v) is 1.67. The molecule has 1 atom stereocenters. The number of aliphatic hydroxyl groups excluding tert-OH is 1. The second-order valence-corrected chi connectivity index (χ2v) is 5.16. The minimum Gasteiger partial charge on any atom is -0.515 e. The highest BCUT2D eigenvalue weighted by atomic mass is 16.6. The number of aliphatic hydroxyl groups is 1. The van der Waals surface area contributed by atoms with E-state index in [1.165, 1.54) is 0 Å². The van der Waals surface area contributed by atoms with Crippen molar-refractivity contribution in [3.05, 3.63) is 11.8 Å². The summed E-state index contributed by atoms with van der Waals surface area (Å²) < 4.78 is 5.12. The second-order valence-electron chi connectivity index (χ2n) is 5.16. The molecular formula is C12H19NO4. The Labute approximate surface area is 101 Å². The number of nitrogens with one attached hydrogen (secondary N) is 1. The van der Waals surface area contributed by atoms with E-state index in [0.717, 1.165) is 6.26 Å². The van der Waals surface area contributed by atoms with Gasteiger partial charge in [-0.15, -0.1) is 0 Å². The molecule has 1 aliphatic rings. The van der Waals surface area contributed by atoms with Crippen molar-refractivity contribution in [2.24, 2.45) is 0 Å². The van der Waals surface area contributed by atoms with Crippen LogP contribution in [0, 0.1) is 0 Å². The topological polar surface area (TPSA) is 75.6 Å². The van der Waals surface area contributed by atoms with Gasteiger partial charge < -0.3 is 15.2 Å². The molecule has 0 radical (unpaired) electrons. The van der Waals surface area contributed by atoms with Crippen molar-refractivity contribution in [3.63, 3.8) is 0 Å². The average Bonchev–Trinajstić information content (AvgIpc) is 2.18. The molecule has 1 saturated carbocycles. The van der Waals surface area contributed by atoms with Gasteiger partial charge in [0.25, 0.3) is 0 Å². The number of alkyl carbamates (subject to hydrolysis) is 1. The Hall–Kier alpha value is -1.52. The Bertz CT molecular complexity index is 341. The molecule has 96 valence electrons. The molecule has 0 aromatic carbocycles. The van der Waals surface area contributed by atoms with Crippen LogP contribution in [0.15, 0.2) is 11.8 Å². The first kappa shape index (κ1) is 13.5. The van der Waals surface area contributed by atoms with Gasteiger partial charge in [-0.2, -0.15) is 0 Å². The predicted molar refractivity (Wildman–Crippen MR) is 62.7 cm³/mol. The maximum absolute atomic E-state index is 11.5. The van der Waals surface area contributed by atoms with Crippen LogP contribution in [0.2, 0.25) is 0 Å². The summed E-state index contributed by atoms with van der Waals surface area (Å²) >= 11 is 0. The molecule has 5 heteroatoms. The Morgan fingerprint density at radius 3 is 2.71 bits per heavy atom. The average molecular weight is 241 g/mol. The summed E-state index contributed by atoms with van der Waals surface area (Å²) in [4.78, 5) is 22.8. The first-order chi connectivity index (χ1) is 7.81. The summed E-state index contributed by atoms with van der Waals surface area (Å²) in [5.41, 5.74) is -0.179. The van der Waals surface area contributed by atoms with Gasteiger partial charge >= 0.3 is 6.09 Å². The highest BCUT2D eigenvalue weighted by molar-refractivity contribution is 5.96. The predicted octanol–water partition coefficient (Wildman–Crippen LogP) is 2.07. The smallest absolute Gasteiger partial charge is 0.407 e. The quantitative estimate of drug-likeness (QED) is 0.544. The highest BCUT2D eigenvalue weighted by Gasteiger charge is 2.26. The van der Waals surface area contributed by atoms with Crippen LogP contribution < -0.4 is 5.32 Å². The van der Waals surface area contributed by atoms with Crippen molar-refractivity contribution in [1.29, 1.82) is 0 Å². The van der Waals surface area contributed by atoms with E-state index in [1.54, 1.807) is 20.8 Å². The zero-order valence-electron chi connectivity index (χ0n) is 10.4. The van der Waals surface area contributed by atoms with Crippen LogP contribution >= 0.6 is 0 Å². The number of carbonyl (C=O) groups is 2. The first-order valence-electron chi connectivity index (χ1n) is 5.68. The monoisotopic (exact) mass is 241 g/mol. The fraction of sp³-hybridized carbons (Fsp3) is 0.667. The largest absolute Gasteiger partial charge is 0.515 e. The van der Waals surface area contributed by atoms with Crippen molar-refractivity contribution in [2.75, 3.05) is 0 Å². The number of amides is 1. The van der Waals surface area contributed by atoms with Crippen LogP contribution in [0.5, 0.6) is 0 Å². The number of carbonyl (C=O) groups excluding carboxylic acids is 2. The lowest BCUT2D eigenvalue weighted by atomic mass is 9.90. The number of ether oxygens (including phenoxy) is 1. The normalized spacial score (nSPS) is 23.6. The van der Waals surface area contributed by atoms with Gasteiger partial charge in [0.2, 0.25) is 0 Å². The molecule has 0 aromatic rings. The minimum atomic E-state index is -0.537. The third-order valence-electron chi connectivity index (χ3n) is 2.42. The lowest BCUT2D eigenvalue weighted by molar-refractivity contribution is -0.116. The van der Waals surface area contributed by atoms with E-state index in [-0.39, 0.29) is 11.8 Å². The Morgan fingerprint density at radius 1 is 1.53 bits per heavy atom. The molecule has 1 amide bonds. The van der Waals surface area contributed by atoms with Gasteiger partial charge in [0.1, 0.15) is 5.60 Å². The van der Waals surface area contributed by atoms with E-state index in [2.05, 4.69) is 5.32 Å². The number of rotatable bonds is 1. The maximum atomic E-state index is 11.5. The molecule has 0 aromatic heterocycles. The minimum absolute atomic E-state index is 0.0604. The van der Waals surface area contributed by atoms with Crippen LogP contribution in [0.3, 0.4) is 0 Å². The van der Waals surface area contributed by atoms with Gasteiger partial charge in [-0.1, -0.05) is 0 Å². The zero-order chi connectivity index (χ0) is 13.1. The van der Waals surface area contributed by atoms with Crippen LogP contribution in [0.25, 0.3) is 0 Å². The van der Waals surface area contributed by atoms with E-state index in [4.69, 9.17) is 9.84 Å². The summed E-state index contributed by atoms with van der Waals surface area (Å²) in [6, 6.07) is -0.152. The number of hydrogen-bond donors (Lipinski definition) is 2. The summed E-state index contributed by atoms with van der Waals surface area (Å²) in [5.74, 6) is -0.0604. The fourth-order valence-electron chi connectivity index (χ4n) is 1.67. The molecule has 0 spiro atoms. The molecule has 0 bridgehead atoms. The van der Waals surface area contributed by atoms with Crippen LogP contribution in [0.1, 0.15) is 40.0 Å². The molecule has 1 unspecified atom stereocenters. The van der Waals surface area contributed by atoms with E-state index in [0.29, 0.717) is 24.8 Å². The Kier molecular flexibility index (Phi) is 4.15. The van der Waals surface area contributed by atoms with Crippen molar-refractivity contribution in [3.8, 4) is 0 Å². The molecule has 0 aliphatic heterocycles. The van der Waals surface area contributed by atoms with E-state index in [9.17, 15) is 9.59 Å². The third kappa shape index (κ3) is 4.46. The van der Waals surface area contributed by atoms with Crippen LogP contribution in [-0.4, -0.2) is 28.6 Å². The van der Waals surface area contributed by atoms with Crippen molar-refractivity contribution in [1.82, 2.24) is 5.32 Å². The second kappa shape index (κ2) is 5.21. The molecule has 0 heterocycles. The van der Waals surface area contributed by atoms with Gasteiger partial charge in [-0.25, -0.2) is 4.79 Å². The summed E-state index contributed by atoms with van der Waals surface area (Å²) in [5, 5.41) is 11.6. The SMILES string of the molecule is CC(C)(C)OC(=O)NC1CCC(=O)/C(=C\O)C1. The standard InChI is InChI=1S/C12H19NO4/c1-12(2,3)17-11(16)13-9-4-5-10(15)8(6-9)7-14/h7,9,14H,4-6H2,1-3H3,(H,13,16)/b8-7-. The number of Topliss-reactive ketones (excluding diaryl/α,β-unsaturated/α-hetero) is 1. The summed E-state index contributed by atoms with van der Waals surface area (Å²) in [7, 11) is 0. The zero-order valence-corrected chi connectivity index (χ0v) is 10.4. The van der Waals surface area contributed by atoms with Crippen LogP contribution in [0.4, 0.5) is 4.79 Å². The first-order valence-corrected chi connectivity index (χ1v) is 5.68. The van der Waals surface area contributed by atoms with E-state index < -0.39 is 11.7 Å². The lowest BCUT2D eigenvalue weighted by Gasteiger charge is -2.26. The lowest BCUT2D eigenvalue weighted by Crippen LogP contribution is -2.41. The molecule has 1 rings (SSSR count). The van der Waals surface area contributed by atoms with Gasteiger partial charge in [0, 0.05) is 18.0 Å². The highest BCUT2D eigenvalue weighted by Crippen LogP contribution is 2.20. The number of ketones is 1. The number of hydrogen-bond acceptors (Lipinski definition) is 4. The third-order valence-corrected chi connectivity index (χ3v) is 2.42. The molecule has 17 heavy (non-hydrogen) atoms. The van der Waals surface area contributed by atoms with Crippen molar-refractivity contribution >= 4 is 11.9 Å². The molecule has 1 fully saturated rings. The molecule has 5 nitrogen and oxygen atoms in total. The summed E-state index contributed by atoms with van der Waals surface area (Å²) in [6.45, 7) is 5.36. The van der Waals surface area contributed by atoms with Crippen LogP contribution in [-0.2, 0) is 9.53 Å². The molecule has 2 N–H and O–H groups in total. The van der Waals surface area contributed by atoms with Gasteiger partial charge in [0.05, 0.1) is 6.26 Å². The van der Waals surface area contributed by atoms with Gasteiger partial charge in [-0.3, -0.25) is 4.79 Å². The van der Waals surface area contributed by atoms with Gasteiger partial charge in [0.15, 0.2) is 5.78 Å². The van der Waals surface area contributed by atoms with Gasteiger partial charge in [-0.05, 0) is 33.6 Å². The molecular weight excluding hydrogens is 222 g/mol. The Balaban J connectivity index is 2.48. The maximum Gasteiger partial charge on any atom is 0.407 e. The van der Waals surface area contributed by atoms with E-state index in [1.807, 2.05) is 0 Å².